The van der Waals surface area contributed by atoms with Crippen LogP contribution in [0, 0.1) is 0 Å². The third-order valence-electron chi connectivity index (χ3n) is 5.45. The highest BCUT2D eigenvalue weighted by molar-refractivity contribution is 5.75. The van der Waals surface area contributed by atoms with Gasteiger partial charge < -0.3 is 26.0 Å². The Morgan fingerprint density at radius 1 is 0.844 bits per heavy atom. The molecular weight excluding hydrogens is 404 g/mol. The zero-order valence-electron chi connectivity index (χ0n) is 17.9. The largest absolute Gasteiger partial charge is 0.506 e. The predicted octanol–water partition coefficient (Wildman–Crippen LogP) is 4.55. The van der Waals surface area contributed by atoms with Crippen LogP contribution in [0.5, 0.6) is 5.75 Å². The zero-order chi connectivity index (χ0) is 22.8. The molecule has 0 heterocycles. The van der Waals surface area contributed by atoms with Gasteiger partial charge in [0.15, 0.2) is 0 Å². The minimum Gasteiger partial charge on any atom is -0.506 e. The van der Waals surface area contributed by atoms with Gasteiger partial charge in [-0.25, -0.2) is 0 Å². The molecule has 0 saturated heterocycles. The molecule has 2 atom stereocenters. The number of aryl methyl sites for hydroxylation is 1. The molecule has 6 nitrogen and oxygen atoms in total. The van der Waals surface area contributed by atoms with Crippen LogP contribution in [0.25, 0.3) is 0 Å². The fraction of sp³-hybridized carbons (Fsp3) is 0.269. The number of amides is 1. The number of aliphatic hydroxyl groups excluding tert-OH is 2. The van der Waals surface area contributed by atoms with Crippen molar-refractivity contribution >= 4 is 17.8 Å². The van der Waals surface area contributed by atoms with Gasteiger partial charge in [0.25, 0.3) is 0 Å². The summed E-state index contributed by atoms with van der Waals surface area (Å²) in [5.41, 5.74) is 4.03. The molecule has 168 valence electrons. The molecule has 0 aromatic heterocycles. The van der Waals surface area contributed by atoms with Gasteiger partial charge in [0, 0.05) is 12.2 Å². The number of benzene rings is 3. The maximum absolute atomic E-state index is 10.6. The smallest absolute Gasteiger partial charge is 0.211 e. The normalized spacial score (nSPS) is 12.7. The molecule has 3 rings (SSSR count). The molecule has 0 saturated carbocycles. The molecule has 0 aliphatic rings. The summed E-state index contributed by atoms with van der Waals surface area (Å²) in [5, 5.41) is 36.0. The van der Waals surface area contributed by atoms with E-state index in [9.17, 15) is 20.1 Å². The average molecular weight is 435 g/mol. The summed E-state index contributed by atoms with van der Waals surface area (Å²) in [4.78, 5) is 10.6. The standard InChI is InChI=1S/C26H30N2O4/c29-18-28-23-16-21(12-15-25(23)31)24(30)9-5-4-6-19-10-13-22(14-11-19)27-17-26(32)20-7-2-1-3-8-20/h1-3,7-8,10-16,18,24,26-27,30-32H,4-6,9,17H2,(H,28,29)/t24-,26-/m0/s1. The molecule has 0 fully saturated rings. The second-order valence-electron chi connectivity index (χ2n) is 7.80. The van der Waals surface area contributed by atoms with Crippen molar-refractivity contribution in [3.8, 4) is 5.75 Å². The quantitative estimate of drug-likeness (QED) is 0.163. The molecule has 0 aliphatic carbocycles. The molecule has 3 aromatic rings. The summed E-state index contributed by atoms with van der Waals surface area (Å²) in [6, 6.07) is 22.5. The lowest BCUT2D eigenvalue weighted by molar-refractivity contribution is -0.105. The third-order valence-corrected chi connectivity index (χ3v) is 5.45. The molecule has 0 unspecified atom stereocenters. The summed E-state index contributed by atoms with van der Waals surface area (Å²) in [6.45, 7) is 0.447. The van der Waals surface area contributed by atoms with Crippen molar-refractivity contribution < 1.29 is 20.1 Å². The van der Waals surface area contributed by atoms with E-state index in [1.807, 2.05) is 42.5 Å². The van der Waals surface area contributed by atoms with E-state index in [-0.39, 0.29) is 5.75 Å². The van der Waals surface area contributed by atoms with Crippen LogP contribution in [0.15, 0.2) is 72.8 Å². The van der Waals surface area contributed by atoms with Crippen molar-refractivity contribution in [2.24, 2.45) is 0 Å². The number of carbonyl (C=O) groups is 1. The molecule has 0 bridgehead atoms. The summed E-state index contributed by atoms with van der Waals surface area (Å²) >= 11 is 0. The molecule has 0 radical (unpaired) electrons. The van der Waals surface area contributed by atoms with Gasteiger partial charge >= 0.3 is 0 Å². The lowest BCUT2D eigenvalue weighted by atomic mass is 10.0. The second-order valence-corrected chi connectivity index (χ2v) is 7.80. The van der Waals surface area contributed by atoms with Gasteiger partial charge in [0.05, 0.1) is 17.9 Å². The van der Waals surface area contributed by atoms with Crippen LogP contribution < -0.4 is 10.6 Å². The summed E-state index contributed by atoms with van der Waals surface area (Å²) in [6.07, 6.45) is 2.59. The zero-order valence-corrected chi connectivity index (χ0v) is 17.9. The molecule has 5 N–H and O–H groups in total. The Balaban J connectivity index is 1.40. The van der Waals surface area contributed by atoms with E-state index < -0.39 is 12.2 Å². The fourth-order valence-corrected chi connectivity index (χ4v) is 3.57. The molecule has 32 heavy (non-hydrogen) atoms. The monoisotopic (exact) mass is 434 g/mol. The van der Waals surface area contributed by atoms with E-state index in [1.165, 1.54) is 11.6 Å². The number of phenols is 1. The highest BCUT2D eigenvalue weighted by Gasteiger charge is 2.11. The molecule has 6 heteroatoms. The van der Waals surface area contributed by atoms with Crippen LogP contribution in [0.3, 0.4) is 0 Å². The minimum absolute atomic E-state index is 0.0273. The second kappa shape index (κ2) is 11.9. The van der Waals surface area contributed by atoms with E-state index in [1.54, 1.807) is 12.1 Å². The Bertz CT molecular complexity index is 977. The van der Waals surface area contributed by atoms with Gasteiger partial charge in [0.2, 0.25) is 6.41 Å². The molecule has 1 amide bonds. The SMILES string of the molecule is O=CNc1cc([C@@H](O)CCCCc2ccc(NC[C@H](O)c3ccccc3)cc2)ccc1O. The minimum atomic E-state index is -0.648. The highest BCUT2D eigenvalue weighted by atomic mass is 16.3. The summed E-state index contributed by atoms with van der Waals surface area (Å²) in [7, 11) is 0. The topological polar surface area (TPSA) is 102 Å². The van der Waals surface area contributed by atoms with Crippen molar-refractivity contribution in [2.75, 3.05) is 17.2 Å². The van der Waals surface area contributed by atoms with Gasteiger partial charge in [-0.05, 0) is 60.2 Å². The number of unbranched alkanes of at least 4 members (excludes halogenated alkanes) is 1. The van der Waals surface area contributed by atoms with Crippen molar-refractivity contribution in [1.82, 2.24) is 0 Å². The lowest BCUT2D eigenvalue weighted by Crippen LogP contribution is -2.11. The Labute approximate surface area is 188 Å². The van der Waals surface area contributed by atoms with Gasteiger partial charge in [-0.15, -0.1) is 0 Å². The van der Waals surface area contributed by atoms with Gasteiger partial charge in [-0.1, -0.05) is 55.0 Å². The number of nitrogens with one attached hydrogen (secondary N) is 2. The Kier molecular flexibility index (Phi) is 8.66. The van der Waals surface area contributed by atoms with Crippen LogP contribution >= 0.6 is 0 Å². The van der Waals surface area contributed by atoms with Gasteiger partial charge in [-0.3, -0.25) is 4.79 Å². The van der Waals surface area contributed by atoms with Crippen molar-refractivity contribution in [2.45, 2.75) is 37.9 Å². The number of rotatable bonds is 12. The third kappa shape index (κ3) is 6.83. The number of anilines is 2. The number of carbonyl (C=O) groups excluding carboxylic acids is 1. The Hall–Kier alpha value is -3.35. The first-order valence-electron chi connectivity index (χ1n) is 10.8. The molecule has 0 aliphatic heterocycles. The molecule has 3 aromatic carbocycles. The number of phenolic OH excluding ortho intramolecular Hbond substituents is 1. The van der Waals surface area contributed by atoms with Crippen molar-refractivity contribution in [3.05, 3.63) is 89.5 Å². The first-order chi connectivity index (χ1) is 15.6. The van der Waals surface area contributed by atoms with Crippen molar-refractivity contribution in [1.29, 1.82) is 0 Å². The predicted molar refractivity (Wildman–Crippen MR) is 127 cm³/mol. The summed E-state index contributed by atoms with van der Waals surface area (Å²) < 4.78 is 0. The summed E-state index contributed by atoms with van der Waals surface area (Å²) in [5.74, 6) is -0.0273. The van der Waals surface area contributed by atoms with Crippen LogP contribution in [0.1, 0.15) is 48.2 Å². The van der Waals surface area contributed by atoms with E-state index in [0.29, 0.717) is 30.6 Å². The maximum Gasteiger partial charge on any atom is 0.211 e. The van der Waals surface area contributed by atoms with Gasteiger partial charge in [0.1, 0.15) is 5.75 Å². The number of aromatic hydroxyl groups is 1. The average Bonchev–Trinajstić information content (AvgIpc) is 2.83. The molecular formula is C26H30N2O4. The first-order valence-corrected chi connectivity index (χ1v) is 10.8. The fourth-order valence-electron chi connectivity index (χ4n) is 3.57. The lowest BCUT2D eigenvalue weighted by Gasteiger charge is -2.14. The van der Waals surface area contributed by atoms with Crippen molar-refractivity contribution in [3.63, 3.8) is 0 Å². The van der Waals surface area contributed by atoms with Crippen LogP contribution in [-0.2, 0) is 11.2 Å². The van der Waals surface area contributed by atoms with E-state index >= 15 is 0 Å². The van der Waals surface area contributed by atoms with Crippen LogP contribution in [0.2, 0.25) is 0 Å². The first kappa shape index (κ1) is 23.3. The number of hydrogen-bond acceptors (Lipinski definition) is 5. The van der Waals surface area contributed by atoms with Crippen LogP contribution in [0.4, 0.5) is 11.4 Å². The van der Waals surface area contributed by atoms with Gasteiger partial charge in [-0.2, -0.15) is 0 Å². The van der Waals surface area contributed by atoms with E-state index in [0.717, 1.165) is 30.5 Å². The Morgan fingerprint density at radius 3 is 2.31 bits per heavy atom. The van der Waals surface area contributed by atoms with Crippen LogP contribution in [-0.4, -0.2) is 28.3 Å². The molecule has 0 spiro atoms. The number of aliphatic hydroxyl groups is 2. The van der Waals surface area contributed by atoms with E-state index in [4.69, 9.17) is 0 Å². The highest BCUT2D eigenvalue weighted by Crippen LogP contribution is 2.28. The Morgan fingerprint density at radius 2 is 1.59 bits per heavy atom. The maximum atomic E-state index is 10.6. The number of hydrogen-bond donors (Lipinski definition) is 5. The van der Waals surface area contributed by atoms with E-state index in [2.05, 4.69) is 22.8 Å².